The molecule has 1 N–H and O–H groups in total. The number of hydrogen-bond acceptors (Lipinski definition) is 6. The highest BCUT2D eigenvalue weighted by Crippen LogP contribution is 2.33. The van der Waals surface area contributed by atoms with Crippen molar-refractivity contribution in [1.82, 2.24) is 10.2 Å². The van der Waals surface area contributed by atoms with Gasteiger partial charge in [0.25, 0.3) is 5.91 Å². The molecule has 0 aromatic heterocycles. The van der Waals surface area contributed by atoms with Gasteiger partial charge in [0.15, 0.2) is 11.5 Å². The van der Waals surface area contributed by atoms with Crippen LogP contribution in [0.5, 0.6) is 11.5 Å². The van der Waals surface area contributed by atoms with Crippen LogP contribution in [0.25, 0.3) is 0 Å². The van der Waals surface area contributed by atoms with Gasteiger partial charge in [0, 0.05) is 18.7 Å². The third-order valence-corrected chi connectivity index (χ3v) is 5.02. The summed E-state index contributed by atoms with van der Waals surface area (Å²) >= 11 is 0. The summed E-state index contributed by atoms with van der Waals surface area (Å²) in [5.41, 5.74) is 1.50. The molecular weight excluding hydrogens is 324 g/mol. The van der Waals surface area contributed by atoms with E-state index in [1.165, 1.54) is 0 Å². The van der Waals surface area contributed by atoms with Crippen LogP contribution in [0.2, 0.25) is 0 Å². The molecule has 1 aromatic carbocycles. The maximum absolute atomic E-state index is 12.8. The molecule has 2 atom stereocenters. The number of carbonyl (C=O) groups excluding carboxylic acids is 1. The molecule has 7 heteroatoms. The van der Waals surface area contributed by atoms with Gasteiger partial charge in [-0.3, -0.25) is 9.69 Å². The summed E-state index contributed by atoms with van der Waals surface area (Å²) in [6.07, 6.45) is 0. The van der Waals surface area contributed by atoms with Gasteiger partial charge in [-0.15, -0.1) is 0 Å². The van der Waals surface area contributed by atoms with Crippen molar-refractivity contribution in [2.24, 2.45) is 0 Å². The molecule has 2 saturated heterocycles. The summed E-state index contributed by atoms with van der Waals surface area (Å²) < 4.78 is 22.2. The topological polar surface area (TPSA) is 69.3 Å². The van der Waals surface area contributed by atoms with Crippen LogP contribution in [-0.4, -0.2) is 75.6 Å². The van der Waals surface area contributed by atoms with Gasteiger partial charge in [-0.1, -0.05) is 0 Å². The Labute approximate surface area is 147 Å². The Morgan fingerprint density at radius 2 is 1.76 bits per heavy atom. The number of fused-ring (bicyclic) bond motifs is 1. The van der Waals surface area contributed by atoms with Crippen LogP contribution in [0, 0.1) is 6.92 Å². The second kappa shape index (κ2) is 7.19. The molecule has 0 saturated carbocycles. The van der Waals surface area contributed by atoms with Crippen molar-refractivity contribution >= 4 is 5.91 Å². The molecular formula is C18H24N2O5. The van der Waals surface area contributed by atoms with Crippen LogP contribution < -0.4 is 14.8 Å². The van der Waals surface area contributed by atoms with E-state index in [9.17, 15) is 4.79 Å². The maximum atomic E-state index is 12.8. The second-order valence-electron chi connectivity index (χ2n) is 6.64. The molecule has 0 aliphatic carbocycles. The highest BCUT2D eigenvalue weighted by Gasteiger charge is 2.35. The molecule has 3 aliphatic rings. The number of nitrogens with one attached hydrogen (secondary N) is 1. The van der Waals surface area contributed by atoms with E-state index in [1.807, 2.05) is 13.0 Å². The van der Waals surface area contributed by atoms with Gasteiger partial charge in [0.1, 0.15) is 13.2 Å². The van der Waals surface area contributed by atoms with Crippen molar-refractivity contribution in [2.75, 3.05) is 52.7 Å². The average molecular weight is 348 g/mol. The van der Waals surface area contributed by atoms with E-state index in [2.05, 4.69) is 10.2 Å². The standard InChI is InChI=1S/C18H24N2O5/c1-12-8-16-17(25-7-6-24-16)9-13(12)18(21)19-14-10-23-11-15(14)20-2-4-22-5-3-20/h8-9,14-15H,2-7,10-11H2,1H3,(H,19,21)/t14-,15-/m0/s1. The molecule has 0 radical (unpaired) electrons. The number of rotatable bonds is 3. The first-order chi connectivity index (χ1) is 12.2. The van der Waals surface area contributed by atoms with Gasteiger partial charge >= 0.3 is 0 Å². The van der Waals surface area contributed by atoms with E-state index in [0.717, 1.165) is 31.9 Å². The summed E-state index contributed by atoms with van der Waals surface area (Å²) in [5.74, 6) is 1.24. The van der Waals surface area contributed by atoms with Crippen LogP contribution in [-0.2, 0) is 9.47 Å². The number of morpholine rings is 1. The number of ether oxygens (including phenoxy) is 4. The van der Waals surface area contributed by atoms with Crippen LogP contribution >= 0.6 is 0 Å². The van der Waals surface area contributed by atoms with Crippen molar-refractivity contribution in [3.05, 3.63) is 23.3 Å². The van der Waals surface area contributed by atoms with Crippen LogP contribution in [0.4, 0.5) is 0 Å². The Hall–Kier alpha value is -1.83. The number of hydrogen-bond donors (Lipinski definition) is 1. The molecule has 1 aromatic rings. The van der Waals surface area contributed by atoms with Gasteiger partial charge in [-0.25, -0.2) is 0 Å². The summed E-state index contributed by atoms with van der Waals surface area (Å²) in [6.45, 7) is 7.37. The lowest BCUT2D eigenvalue weighted by atomic mass is 10.0. The Bertz CT molecular complexity index is 645. The van der Waals surface area contributed by atoms with Crippen molar-refractivity contribution in [2.45, 2.75) is 19.0 Å². The summed E-state index contributed by atoms with van der Waals surface area (Å²) in [6, 6.07) is 3.83. The number of aryl methyl sites for hydroxylation is 1. The predicted molar refractivity (Wildman–Crippen MR) is 90.4 cm³/mol. The third-order valence-electron chi connectivity index (χ3n) is 5.02. The molecule has 3 aliphatic heterocycles. The minimum Gasteiger partial charge on any atom is -0.486 e. The molecule has 136 valence electrons. The molecule has 7 nitrogen and oxygen atoms in total. The number of carbonyl (C=O) groups is 1. The third kappa shape index (κ3) is 3.44. The summed E-state index contributed by atoms with van der Waals surface area (Å²) in [5, 5.41) is 3.15. The van der Waals surface area contributed by atoms with E-state index in [1.54, 1.807) is 6.07 Å². The largest absolute Gasteiger partial charge is 0.486 e. The van der Waals surface area contributed by atoms with Crippen LogP contribution in [0.1, 0.15) is 15.9 Å². The van der Waals surface area contributed by atoms with E-state index >= 15 is 0 Å². The Kier molecular flexibility index (Phi) is 4.78. The smallest absolute Gasteiger partial charge is 0.252 e. The minimum absolute atomic E-state index is 0.0156. The number of benzene rings is 1. The fraction of sp³-hybridized carbons (Fsp3) is 0.611. The van der Waals surface area contributed by atoms with Crippen molar-refractivity contribution < 1.29 is 23.7 Å². The van der Waals surface area contributed by atoms with Gasteiger partial charge < -0.3 is 24.3 Å². The Morgan fingerprint density at radius 3 is 2.52 bits per heavy atom. The molecule has 4 rings (SSSR count). The first-order valence-corrected chi connectivity index (χ1v) is 8.83. The van der Waals surface area contributed by atoms with E-state index in [4.69, 9.17) is 18.9 Å². The summed E-state index contributed by atoms with van der Waals surface area (Å²) in [7, 11) is 0. The molecule has 0 unspecified atom stereocenters. The first-order valence-electron chi connectivity index (χ1n) is 8.83. The fourth-order valence-electron chi connectivity index (χ4n) is 3.63. The lowest BCUT2D eigenvalue weighted by molar-refractivity contribution is 0.0108. The zero-order valence-electron chi connectivity index (χ0n) is 14.5. The molecule has 0 bridgehead atoms. The fourth-order valence-corrected chi connectivity index (χ4v) is 3.63. The molecule has 2 fully saturated rings. The molecule has 3 heterocycles. The SMILES string of the molecule is Cc1cc2c(cc1C(=O)N[C@H]1COC[C@@H]1N1CCOCC1)OCCO2. The van der Waals surface area contributed by atoms with E-state index in [0.29, 0.717) is 43.5 Å². The van der Waals surface area contributed by atoms with Gasteiger partial charge in [-0.05, 0) is 24.6 Å². The average Bonchev–Trinajstić information content (AvgIpc) is 3.10. The van der Waals surface area contributed by atoms with Crippen LogP contribution in [0.15, 0.2) is 12.1 Å². The van der Waals surface area contributed by atoms with Gasteiger partial charge in [0.05, 0.1) is 38.5 Å². The maximum Gasteiger partial charge on any atom is 0.252 e. The Morgan fingerprint density at radius 1 is 1.04 bits per heavy atom. The van der Waals surface area contributed by atoms with E-state index < -0.39 is 0 Å². The highest BCUT2D eigenvalue weighted by atomic mass is 16.6. The van der Waals surface area contributed by atoms with Crippen molar-refractivity contribution in [3.63, 3.8) is 0 Å². The normalized spacial score (nSPS) is 26.4. The van der Waals surface area contributed by atoms with E-state index in [-0.39, 0.29) is 18.0 Å². The summed E-state index contributed by atoms with van der Waals surface area (Å²) in [4.78, 5) is 15.2. The quantitative estimate of drug-likeness (QED) is 0.863. The van der Waals surface area contributed by atoms with Gasteiger partial charge in [0.2, 0.25) is 0 Å². The number of amides is 1. The predicted octanol–water partition coefficient (Wildman–Crippen LogP) is 0.596. The monoisotopic (exact) mass is 348 g/mol. The lowest BCUT2D eigenvalue weighted by Gasteiger charge is -2.34. The zero-order chi connectivity index (χ0) is 17.2. The highest BCUT2D eigenvalue weighted by molar-refractivity contribution is 5.96. The second-order valence-corrected chi connectivity index (χ2v) is 6.64. The van der Waals surface area contributed by atoms with Crippen molar-refractivity contribution in [1.29, 1.82) is 0 Å². The van der Waals surface area contributed by atoms with Gasteiger partial charge in [-0.2, -0.15) is 0 Å². The first kappa shape index (κ1) is 16.6. The molecule has 25 heavy (non-hydrogen) atoms. The van der Waals surface area contributed by atoms with Crippen molar-refractivity contribution in [3.8, 4) is 11.5 Å². The minimum atomic E-state index is -0.0942. The number of nitrogens with zero attached hydrogens (tertiary/aromatic N) is 1. The lowest BCUT2D eigenvalue weighted by Crippen LogP contribution is -2.54. The zero-order valence-corrected chi connectivity index (χ0v) is 14.5. The molecule has 1 amide bonds. The van der Waals surface area contributed by atoms with Crippen LogP contribution in [0.3, 0.4) is 0 Å². The Balaban J connectivity index is 1.47. The molecule has 0 spiro atoms.